The number of hydrogen-bond donors (Lipinski definition) is 3. The van der Waals surface area contributed by atoms with Crippen molar-refractivity contribution in [1.29, 1.82) is 0 Å². The van der Waals surface area contributed by atoms with Crippen molar-refractivity contribution >= 4 is 11.5 Å². The third kappa shape index (κ3) is 2.86. The van der Waals surface area contributed by atoms with E-state index in [-0.39, 0.29) is 5.75 Å². The molecule has 0 bridgehead atoms. The van der Waals surface area contributed by atoms with Crippen molar-refractivity contribution in [1.82, 2.24) is 0 Å². The molecule has 1 rings (SSSR count). The summed E-state index contributed by atoms with van der Waals surface area (Å²) in [6.45, 7) is 0. The molecule has 0 aliphatic carbocycles. The first-order chi connectivity index (χ1) is 6.22. The maximum atomic E-state index is 9.10. The smallest absolute Gasteiger partial charge is 0.125 e. The molecule has 0 unspecified atom stereocenters. The van der Waals surface area contributed by atoms with Gasteiger partial charge in [0.2, 0.25) is 0 Å². The highest BCUT2D eigenvalue weighted by atomic mass is 16.3. The van der Waals surface area contributed by atoms with E-state index in [2.05, 4.69) is 4.99 Å². The summed E-state index contributed by atoms with van der Waals surface area (Å²) in [6, 6.07) is 6.50. The number of nitrogens with two attached hydrogens (primary N) is 2. The lowest BCUT2D eigenvalue weighted by Gasteiger charge is -1.95. The SMILES string of the molecule is N/C=C\C(N)=Nc1cccc(O)c1. The molecule has 0 saturated heterocycles. The zero-order chi connectivity index (χ0) is 9.68. The van der Waals surface area contributed by atoms with Crippen LogP contribution in [0, 0.1) is 0 Å². The van der Waals surface area contributed by atoms with Gasteiger partial charge in [0, 0.05) is 6.07 Å². The average Bonchev–Trinajstić information content (AvgIpc) is 2.04. The van der Waals surface area contributed by atoms with Crippen molar-refractivity contribution in [3.63, 3.8) is 0 Å². The summed E-state index contributed by atoms with van der Waals surface area (Å²) in [5, 5.41) is 9.10. The molecular formula is C9H11N3O. The highest BCUT2D eigenvalue weighted by Crippen LogP contribution is 2.17. The Balaban J connectivity index is 2.90. The van der Waals surface area contributed by atoms with E-state index in [9.17, 15) is 0 Å². The maximum absolute atomic E-state index is 9.10. The molecule has 1 aromatic carbocycles. The Kier molecular flexibility index (Phi) is 2.92. The van der Waals surface area contributed by atoms with E-state index in [1.54, 1.807) is 18.2 Å². The van der Waals surface area contributed by atoms with Gasteiger partial charge in [0.15, 0.2) is 0 Å². The second-order valence-corrected chi connectivity index (χ2v) is 2.42. The van der Waals surface area contributed by atoms with E-state index in [4.69, 9.17) is 16.6 Å². The van der Waals surface area contributed by atoms with E-state index >= 15 is 0 Å². The summed E-state index contributed by atoms with van der Waals surface area (Å²) in [4.78, 5) is 3.98. The topological polar surface area (TPSA) is 84.6 Å². The van der Waals surface area contributed by atoms with Gasteiger partial charge in [0.05, 0.1) is 5.69 Å². The number of phenols is 1. The largest absolute Gasteiger partial charge is 0.508 e. The Bertz CT molecular complexity index is 344. The zero-order valence-corrected chi connectivity index (χ0v) is 7.01. The van der Waals surface area contributed by atoms with Crippen LogP contribution in [-0.4, -0.2) is 10.9 Å². The van der Waals surface area contributed by atoms with E-state index in [1.165, 1.54) is 18.3 Å². The lowest BCUT2D eigenvalue weighted by Crippen LogP contribution is -2.07. The molecule has 13 heavy (non-hydrogen) atoms. The molecule has 68 valence electrons. The van der Waals surface area contributed by atoms with Crippen LogP contribution in [0.15, 0.2) is 41.5 Å². The molecular weight excluding hydrogens is 166 g/mol. The van der Waals surface area contributed by atoms with Crippen LogP contribution in [0.3, 0.4) is 0 Å². The van der Waals surface area contributed by atoms with E-state index in [1.807, 2.05) is 0 Å². The number of benzene rings is 1. The van der Waals surface area contributed by atoms with Crippen molar-refractivity contribution in [2.24, 2.45) is 16.5 Å². The van der Waals surface area contributed by atoms with Gasteiger partial charge in [-0.25, -0.2) is 4.99 Å². The first kappa shape index (κ1) is 9.12. The van der Waals surface area contributed by atoms with Gasteiger partial charge in [0.25, 0.3) is 0 Å². The molecule has 0 saturated carbocycles. The van der Waals surface area contributed by atoms with Crippen LogP contribution >= 0.6 is 0 Å². The monoisotopic (exact) mass is 177 g/mol. The van der Waals surface area contributed by atoms with Crippen molar-refractivity contribution in [3.05, 3.63) is 36.5 Å². The minimum atomic E-state index is 0.158. The molecule has 0 amide bonds. The minimum Gasteiger partial charge on any atom is -0.508 e. The molecule has 0 aliphatic heterocycles. The van der Waals surface area contributed by atoms with Gasteiger partial charge in [0.1, 0.15) is 11.6 Å². The molecule has 0 radical (unpaired) electrons. The van der Waals surface area contributed by atoms with E-state index in [0.29, 0.717) is 11.5 Å². The first-order valence-corrected chi connectivity index (χ1v) is 3.74. The highest BCUT2D eigenvalue weighted by molar-refractivity contribution is 5.93. The summed E-state index contributed by atoms with van der Waals surface area (Å²) in [6.07, 6.45) is 2.78. The Labute approximate surface area is 76.2 Å². The number of hydrogen-bond acceptors (Lipinski definition) is 3. The van der Waals surface area contributed by atoms with Gasteiger partial charge in [-0.2, -0.15) is 0 Å². The van der Waals surface area contributed by atoms with Crippen LogP contribution < -0.4 is 11.5 Å². The van der Waals surface area contributed by atoms with Gasteiger partial charge in [-0.3, -0.25) is 0 Å². The summed E-state index contributed by atoms with van der Waals surface area (Å²) in [5.74, 6) is 0.457. The molecule has 0 aromatic heterocycles. The predicted molar refractivity (Wildman–Crippen MR) is 52.7 cm³/mol. The van der Waals surface area contributed by atoms with Crippen molar-refractivity contribution in [2.75, 3.05) is 0 Å². The number of rotatable bonds is 2. The van der Waals surface area contributed by atoms with Crippen LogP contribution in [0.2, 0.25) is 0 Å². The van der Waals surface area contributed by atoms with Crippen molar-refractivity contribution in [3.8, 4) is 5.75 Å². The second-order valence-electron chi connectivity index (χ2n) is 2.42. The standard InChI is InChI=1S/C9H11N3O/c10-5-4-9(11)12-7-2-1-3-8(13)6-7/h1-6,13H,10H2,(H2,11,12)/b5-4-. The fourth-order valence-electron chi connectivity index (χ4n) is 0.848. The Hall–Kier alpha value is -1.97. The molecule has 4 heteroatoms. The van der Waals surface area contributed by atoms with Gasteiger partial charge < -0.3 is 16.6 Å². The number of aliphatic imine (C=N–C) groups is 1. The second kappa shape index (κ2) is 4.15. The lowest BCUT2D eigenvalue weighted by molar-refractivity contribution is 0.475. The van der Waals surface area contributed by atoms with Gasteiger partial charge in [-0.05, 0) is 24.4 Å². The van der Waals surface area contributed by atoms with Gasteiger partial charge in [-0.1, -0.05) is 6.07 Å². The molecule has 0 heterocycles. The zero-order valence-electron chi connectivity index (χ0n) is 7.01. The summed E-state index contributed by atoms with van der Waals surface area (Å²) < 4.78 is 0. The average molecular weight is 177 g/mol. The Morgan fingerprint density at radius 1 is 1.46 bits per heavy atom. The fraction of sp³-hybridized carbons (Fsp3) is 0. The summed E-state index contributed by atoms with van der Waals surface area (Å²) >= 11 is 0. The number of aromatic hydroxyl groups is 1. The molecule has 0 spiro atoms. The molecule has 4 nitrogen and oxygen atoms in total. The number of phenolic OH excluding ortho intramolecular Hbond substituents is 1. The predicted octanol–water partition coefficient (Wildman–Crippen LogP) is 0.853. The third-order valence-electron chi connectivity index (χ3n) is 1.35. The number of amidine groups is 1. The third-order valence-corrected chi connectivity index (χ3v) is 1.35. The normalized spacial score (nSPS) is 12.2. The van der Waals surface area contributed by atoms with Crippen molar-refractivity contribution in [2.45, 2.75) is 0 Å². The number of nitrogens with zero attached hydrogens (tertiary/aromatic N) is 1. The molecule has 5 N–H and O–H groups in total. The molecule has 0 aliphatic rings. The van der Waals surface area contributed by atoms with Crippen LogP contribution in [0.4, 0.5) is 5.69 Å². The molecule has 1 aromatic rings. The van der Waals surface area contributed by atoms with Crippen molar-refractivity contribution < 1.29 is 5.11 Å². The Morgan fingerprint density at radius 2 is 2.23 bits per heavy atom. The Morgan fingerprint density at radius 3 is 2.85 bits per heavy atom. The summed E-state index contributed by atoms with van der Waals surface area (Å²) in [7, 11) is 0. The highest BCUT2D eigenvalue weighted by Gasteiger charge is 1.91. The molecule has 0 atom stereocenters. The van der Waals surface area contributed by atoms with Crippen LogP contribution in [0.5, 0.6) is 5.75 Å². The first-order valence-electron chi connectivity index (χ1n) is 3.74. The maximum Gasteiger partial charge on any atom is 0.125 e. The van der Waals surface area contributed by atoms with Gasteiger partial charge >= 0.3 is 0 Å². The van der Waals surface area contributed by atoms with Crippen LogP contribution in [-0.2, 0) is 0 Å². The quantitative estimate of drug-likeness (QED) is 0.462. The van der Waals surface area contributed by atoms with E-state index in [0.717, 1.165) is 0 Å². The van der Waals surface area contributed by atoms with E-state index < -0.39 is 0 Å². The minimum absolute atomic E-state index is 0.158. The molecule has 0 fully saturated rings. The summed E-state index contributed by atoms with van der Waals surface area (Å²) in [5.41, 5.74) is 11.2. The van der Waals surface area contributed by atoms with Gasteiger partial charge in [-0.15, -0.1) is 0 Å². The van der Waals surface area contributed by atoms with Crippen LogP contribution in [0.25, 0.3) is 0 Å². The lowest BCUT2D eigenvalue weighted by atomic mass is 10.3. The fourth-order valence-corrected chi connectivity index (χ4v) is 0.848. The van der Waals surface area contributed by atoms with Crippen LogP contribution in [0.1, 0.15) is 0 Å².